The second kappa shape index (κ2) is 7.72. The molecule has 1 aromatic carbocycles. The monoisotopic (exact) mass is 311 g/mol. The lowest BCUT2D eigenvalue weighted by atomic mass is 9.81. The molecule has 2 rings (SSSR count). The van der Waals surface area contributed by atoms with Crippen molar-refractivity contribution in [3.05, 3.63) is 34.9 Å². The van der Waals surface area contributed by atoms with Gasteiger partial charge in [-0.1, -0.05) is 55.5 Å². The highest BCUT2D eigenvalue weighted by atomic mass is 35.5. The third-order valence-electron chi connectivity index (χ3n) is 4.50. The largest absolute Gasteiger partial charge is 0.301 e. The Kier molecular flexibility index (Phi) is 6.25. The Morgan fingerprint density at radius 3 is 2.40 bits per heavy atom. The van der Waals surface area contributed by atoms with Gasteiger partial charge in [-0.2, -0.15) is 12.6 Å². The average Bonchev–Trinajstić information content (AvgIpc) is 2.67. The third kappa shape index (κ3) is 4.41. The quantitative estimate of drug-likeness (QED) is 0.589. The van der Waals surface area contributed by atoms with Crippen LogP contribution in [0.2, 0.25) is 5.02 Å². The zero-order valence-corrected chi connectivity index (χ0v) is 14.1. The first-order chi connectivity index (χ1) is 9.65. The molecular weight excluding hydrogens is 286 g/mol. The summed E-state index contributed by atoms with van der Waals surface area (Å²) in [4.78, 5) is 2.42. The summed E-state index contributed by atoms with van der Waals surface area (Å²) in [6.07, 6.45) is 8.15. The molecule has 0 heterocycles. The topological polar surface area (TPSA) is 3.24 Å². The van der Waals surface area contributed by atoms with Crippen LogP contribution in [0.15, 0.2) is 24.3 Å². The van der Waals surface area contributed by atoms with Gasteiger partial charge >= 0.3 is 0 Å². The van der Waals surface area contributed by atoms with Crippen LogP contribution < -0.4 is 0 Å². The average molecular weight is 312 g/mol. The van der Waals surface area contributed by atoms with Crippen LogP contribution in [-0.4, -0.2) is 24.2 Å². The normalized spacial score (nSPS) is 19.0. The predicted octanol–water partition coefficient (Wildman–Crippen LogP) is 5.04. The summed E-state index contributed by atoms with van der Waals surface area (Å²) in [5, 5.41) is 0.875. The van der Waals surface area contributed by atoms with E-state index in [4.69, 9.17) is 11.6 Å². The van der Waals surface area contributed by atoms with Crippen LogP contribution in [0.5, 0.6) is 0 Å². The second-order valence-corrected chi connectivity index (χ2v) is 7.06. The number of thiol groups is 1. The van der Waals surface area contributed by atoms with E-state index >= 15 is 0 Å². The van der Waals surface area contributed by atoms with Crippen molar-refractivity contribution >= 4 is 24.2 Å². The minimum atomic E-state index is 0.398. The summed E-state index contributed by atoms with van der Waals surface area (Å²) < 4.78 is 0. The molecule has 20 heavy (non-hydrogen) atoms. The first kappa shape index (κ1) is 16.2. The van der Waals surface area contributed by atoms with Gasteiger partial charge in [-0.3, -0.25) is 0 Å². The van der Waals surface area contributed by atoms with E-state index in [1.165, 1.54) is 44.1 Å². The van der Waals surface area contributed by atoms with Gasteiger partial charge in [-0.25, -0.2) is 0 Å². The van der Waals surface area contributed by atoms with Gasteiger partial charge in [-0.05, 0) is 42.7 Å². The maximum absolute atomic E-state index is 6.26. The van der Waals surface area contributed by atoms with Gasteiger partial charge in [0.2, 0.25) is 0 Å². The van der Waals surface area contributed by atoms with Crippen molar-refractivity contribution in [2.75, 3.05) is 19.3 Å². The highest BCUT2D eigenvalue weighted by molar-refractivity contribution is 7.80. The number of benzene rings is 1. The smallest absolute Gasteiger partial charge is 0.0451 e. The van der Waals surface area contributed by atoms with Crippen molar-refractivity contribution in [2.45, 2.75) is 45.1 Å². The van der Waals surface area contributed by atoms with Gasteiger partial charge in [0.1, 0.15) is 0 Å². The molecule has 0 atom stereocenters. The zero-order valence-electron chi connectivity index (χ0n) is 12.4. The van der Waals surface area contributed by atoms with Crippen LogP contribution in [0, 0.1) is 5.41 Å². The molecule has 1 nitrogen and oxygen atoms in total. The second-order valence-electron chi connectivity index (χ2n) is 6.34. The zero-order chi connectivity index (χ0) is 14.4. The number of rotatable bonds is 5. The third-order valence-corrected chi connectivity index (χ3v) is 5.54. The Labute approximate surface area is 134 Å². The van der Waals surface area contributed by atoms with E-state index in [0.717, 1.165) is 23.9 Å². The molecule has 1 aliphatic rings. The van der Waals surface area contributed by atoms with Crippen molar-refractivity contribution in [1.29, 1.82) is 0 Å². The van der Waals surface area contributed by atoms with Crippen molar-refractivity contribution in [3.8, 4) is 0 Å². The van der Waals surface area contributed by atoms with E-state index in [1.807, 2.05) is 12.1 Å². The lowest BCUT2D eigenvalue weighted by Gasteiger charge is -2.35. The molecule has 0 aliphatic heterocycles. The van der Waals surface area contributed by atoms with Crippen molar-refractivity contribution < 1.29 is 0 Å². The van der Waals surface area contributed by atoms with Gasteiger partial charge in [-0.15, -0.1) is 0 Å². The van der Waals surface area contributed by atoms with Crippen LogP contribution in [-0.2, 0) is 6.54 Å². The Morgan fingerprint density at radius 2 is 1.80 bits per heavy atom. The van der Waals surface area contributed by atoms with Gasteiger partial charge < -0.3 is 4.90 Å². The molecule has 0 saturated heterocycles. The molecule has 0 aromatic heterocycles. The fraction of sp³-hybridized carbons (Fsp3) is 0.647. The van der Waals surface area contributed by atoms with Crippen LogP contribution in [0.1, 0.15) is 44.1 Å². The van der Waals surface area contributed by atoms with E-state index < -0.39 is 0 Å². The Balaban J connectivity index is 1.98. The van der Waals surface area contributed by atoms with E-state index in [-0.39, 0.29) is 0 Å². The molecular formula is C17H26ClNS. The molecule has 0 spiro atoms. The molecule has 1 aromatic rings. The maximum atomic E-state index is 6.26. The van der Waals surface area contributed by atoms with E-state index in [1.54, 1.807) is 0 Å². The number of nitrogens with zero attached hydrogens (tertiary/aromatic N) is 1. The molecule has 3 heteroatoms. The molecule has 1 aliphatic carbocycles. The van der Waals surface area contributed by atoms with Crippen LogP contribution in [0.3, 0.4) is 0 Å². The molecule has 0 N–H and O–H groups in total. The summed E-state index contributed by atoms with van der Waals surface area (Å²) in [6.45, 7) is 2.05. The van der Waals surface area contributed by atoms with Crippen LogP contribution in [0.4, 0.5) is 0 Å². The lowest BCUT2D eigenvalue weighted by molar-refractivity contribution is 0.170. The fourth-order valence-corrected chi connectivity index (χ4v) is 4.00. The summed E-state index contributed by atoms with van der Waals surface area (Å²) >= 11 is 10.9. The minimum Gasteiger partial charge on any atom is -0.301 e. The SMILES string of the molecule is CN(Cc1ccccc1Cl)CC1(CS)CCCCCC1. The number of halogens is 1. The highest BCUT2D eigenvalue weighted by Gasteiger charge is 2.30. The van der Waals surface area contributed by atoms with E-state index in [9.17, 15) is 0 Å². The standard InChI is InChI=1S/C17H26ClNS/c1-19(12-15-8-4-5-9-16(15)18)13-17(14-20)10-6-2-3-7-11-17/h4-5,8-9,20H,2-3,6-7,10-14H2,1H3. The fourth-order valence-electron chi connectivity index (χ4n) is 3.39. The van der Waals surface area contributed by atoms with Crippen LogP contribution >= 0.6 is 24.2 Å². The number of hydrogen-bond donors (Lipinski definition) is 1. The van der Waals surface area contributed by atoms with Crippen molar-refractivity contribution in [3.63, 3.8) is 0 Å². The molecule has 0 radical (unpaired) electrons. The minimum absolute atomic E-state index is 0.398. The van der Waals surface area contributed by atoms with E-state index in [0.29, 0.717) is 5.41 Å². The summed E-state index contributed by atoms with van der Waals surface area (Å²) in [6, 6.07) is 8.16. The molecule has 1 fully saturated rings. The molecule has 0 bridgehead atoms. The Hall–Kier alpha value is -0.180. The summed E-state index contributed by atoms with van der Waals surface area (Å²) in [5.41, 5.74) is 1.62. The highest BCUT2D eigenvalue weighted by Crippen LogP contribution is 2.37. The van der Waals surface area contributed by atoms with Gasteiger partial charge in [0.05, 0.1) is 0 Å². The maximum Gasteiger partial charge on any atom is 0.0451 e. The van der Waals surface area contributed by atoms with Crippen molar-refractivity contribution in [1.82, 2.24) is 4.90 Å². The summed E-state index contributed by atoms with van der Waals surface area (Å²) in [7, 11) is 2.21. The Bertz CT molecular complexity index is 413. The van der Waals surface area contributed by atoms with Crippen molar-refractivity contribution in [2.24, 2.45) is 5.41 Å². The molecule has 112 valence electrons. The molecule has 0 amide bonds. The lowest BCUT2D eigenvalue weighted by Crippen LogP contribution is -2.36. The van der Waals surface area contributed by atoms with Gasteiger partial charge in [0.15, 0.2) is 0 Å². The summed E-state index contributed by atoms with van der Waals surface area (Å²) in [5.74, 6) is 1.000. The van der Waals surface area contributed by atoms with Gasteiger partial charge in [0.25, 0.3) is 0 Å². The molecule has 0 unspecified atom stereocenters. The first-order valence-electron chi connectivity index (χ1n) is 7.68. The Morgan fingerprint density at radius 1 is 1.15 bits per heavy atom. The predicted molar refractivity (Wildman–Crippen MR) is 91.8 cm³/mol. The van der Waals surface area contributed by atoms with Crippen LogP contribution in [0.25, 0.3) is 0 Å². The van der Waals surface area contributed by atoms with Gasteiger partial charge in [0, 0.05) is 18.1 Å². The van der Waals surface area contributed by atoms with E-state index in [2.05, 4.69) is 36.7 Å². The first-order valence-corrected chi connectivity index (χ1v) is 8.69. The molecule has 1 saturated carbocycles. The number of hydrogen-bond acceptors (Lipinski definition) is 2.